The van der Waals surface area contributed by atoms with Crippen LogP contribution < -0.4 is 5.32 Å². The van der Waals surface area contributed by atoms with Gasteiger partial charge in [0.15, 0.2) is 5.82 Å². The summed E-state index contributed by atoms with van der Waals surface area (Å²) in [6.07, 6.45) is 2.16. The third kappa shape index (κ3) is 3.16. The smallest absolute Gasteiger partial charge is 0.257 e. The van der Waals surface area contributed by atoms with Gasteiger partial charge in [0.25, 0.3) is 5.91 Å². The van der Waals surface area contributed by atoms with E-state index in [4.69, 9.17) is 9.05 Å². The molecule has 1 saturated heterocycles. The van der Waals surface area contributed by atoms with Crippen LogP contribution >= 0.6 is 11.8 Å². The standard InChI is InChI=1S/C14H18N4O3S/c1-8-12(9(2)20-17-8)14(19)15-7-11-16-13(18-21-11)10-3-5-22-6-4-10/h10H,3-7H2,1-2H3,(H,15,19). The highest BCUT2D eigenvalue weighted by molar-refractivity contribution is 7.99. The molecule has 0 bridgehead atoms. The first-order valence-corrected chi connectivity index (χ1v) is 8.42. The number of nitrogens with one attached hydrogen (secondary N) is 1. The van der Waals surface area contributed by atoms with Crippen molar-refractivity contribution in [2.75, 3.05) is 11.5 Å². The number of aromatic nitrogens is 3. The van der Waals surface area contributed by atoms with E-state index in [-0.39, 0.29) is 12.5 Å². The Bertz CT molecular complexity index is 641. The molecule has 22 heavy (non-hydrogen) atoms. The van der Waals surface area contributed by atoms with E-state index >= 15 is 0 Å². The molecule has 0 radical (unpaired) electrons. The number of hydrogen-bond donors (Lipinski definition) is 1. The van der Waals surface area contributed by atoms with Crippen LogP contribution in [0.2, 0.25) is 0 Å². The molecule has 3 heterocycles. The molecule has 1 aliphatic rings. The zero-order valence-electron chi connectivity index (χ0n) is 12.6. The maximum Gasteiger partial charge on any atom is 0.257 e. The number of carbonyl (C=O) groups is 1. The Morgan fingerprint density at radius 2 is 2.05 bits per heavy atom. The number of amides is 1. The van der Waals surface area contributed by atoms with Crippen LogP contribution in [0, 0.1) is 13.8 Å². The number of hydrogen-bond acceptors (Lipinski definition) is 7. The van der Waals surface area contributed by atoms with Crippen LogP contribution in [0.4, 0.5) is 0 Å². The van der Waals surface area contributed by atoms with E-state index in [1.807, 2.05) is 11.8 Å². The molecule has 1 fully saturated rings. The molecule has 3 rings (SSSR count). The fraction of sp³-hybridized carbons (Fsp3) is 0.571. The summed E-state index contributed by atoms with van der Waals surface area (Å²) in [5.41, 5.74) is 1.03. The maximum atomic E-state index is 12.1. The van der Waals surface area contributed by atoms with Crippen LogP contribution in [0.3, 0.4) is 0 Å². The van der Waals surface area contributed by atoms with Crippen LogP contribution in [0.15, 0.2) is 9.05 Å². The largest absolute Gasteiger partial charge is 0.361 e. The van der Waals surface area contributed by atoms with E-state index in [1.165, 1.54) is 0 Å². The lowest BCUT2D eigenvalue weighted by Crippen LogP contribution is -2.24. The Morgan fingerprint density at radius 3 is 2.73 bits per heavy atom. The van der Waals surface area contributed by atoms with Gasteiger partial charge in [0.2, 0.25) is 5.89 Å². The molecule has 0 aliphatic carbocycles. The van der Waals surface area contributed by atoms with Crippen molar-refractivity contribution in [3.05, 3.63) is 28.7 Å². The number of carbonyl (C=O) groups excluding carboxylic acids is 1. The zero-order valence-corrected chi connectivity index (χ0v) is 13.4. The van der Waals surface area contributed by atoms with Gasteiger partial charge < -0.3 is 14.4 Å². The van der Waals surface area contributed by atoms with Gasteiger partial charge in [0, 0.05) is 5.92 Å². The predicted octanol–water partition coefficient (Wildman–Crippen LogP) is 2.22. The molecule has 2 aromatic rings. The average Bonchev–Trinajstić information content (AvgIpc) is 3.13. The first-order chi connectivity index (χ1) is 10.6. The van der Waals surface area contributed by atoms with Crippen molar-refractivity contribution in [3.63, 3.8) is 0 Å². The van der Waals surface area contributed by atoms with Crippen LogP contribution in [0.1, 0.15) is 52.3 Å². The lowest BCUT2D eigenvalue weighted by atomic mass is 10.0. The Balaban J connectivity index is 1.60. The van der Waals surface area contributed by atoms with Crippen LogP contribution in [0.5, 0.6) is 0 Å². The van der Waals surface area contributed by atoms with E-state index in [0.29, 0.717) is 28.8 Å². The number of nitrogens with zero attached hydrogens (tertiary/aromatic N) is 3. The molecule has 7 nitrogen and oxygen atoms in total. The Morgan fingerprint density at radius 1 is 1.27 bits per heavy atom. The highest BCUT2D eigenvalue weighted by Gasteiger charge is 2.22. The first kappa shape index (κ1) is 15.1. The topological polar surface area (TPSA) is 94.1 Å². The first-order valence-electron chi connectivity index (χ1n) is 7.26. The highest BCUT2D eigenvalue weighted by Crippen LogP contribution is 2.29. The van der Waals surface area contributed by atoms with Gasteiger partial charge in [-0.25, -0.2) is 0 Å². The molecule has 0 spiro atoms. The normalized spacial score (nSPS) is 15.9. The third-order valence-electron chi connectivity index (χ3n) is 3.73. The van der Waals surface area contributed by atoms with Gasteiger partial charge in [-0.1, -0.05) is 10.3 Å². The van der Waals surface area contributed by atoms with Crippen molar-refractivity contribution in [2.24, 2.45) is 0 Å². The van der Waals surface area contributed by atoms with Gasteiger partial charge in [-0.3, -0.25) is 4.79 Å². The molecule has 0 atom stereocenters. The van der Waals surface area contributed by atoms with Gasteiger partial charge in [-0.15, -0.1) is 0 Å². The monoisotopic (exact) mass is 322 g/mol. The van der Waals surface area contributed by atoms with Crippen LogP contribution in [-0.4, -0.2) is 32.7 Å². The SMILES string of the molecule is Cc1noc(C)c1C(=O)NCc1nc(C2CCSCC2)no1. The lowest BCUT2D eigenvalue weighted by molar-refractivity contribution is 0.0944. The summed E-state index contributed by atoms with van der Waals surface area (Å²) in [5.74, 6) is 4.08. The van der Waals surface area contributed by atoms with Gasteiger partial charge in [-0.2, -0.15) is 16.7 Å². The molecule has 1 aliphatic heterocycles. The number of thioether (sulfide) groups is 1. The van der Waals surface area contributed by atoms with E-state index in [1.54, 1.807) is 13.8 Å². The molecule has 1 N–H and O–H groups in total. The third-order valence-corrected chi connectivity index (χ3v) is 4.78. The molecular formula is C14H18N4O3S. The molecule has 118 valence electrons. The second-order valence-electron chi connectivity index (χ2n) is 5.31. The Labute approximate surface area is 132 Å². The molecular weight excluding hydrogens is 304 g/mol. The van der Waals surface area contributed by atoms with Crippen molar-refractivity contribution in [1.82, 2.24) is 20.6 Å². The summed E-state index contributed by atoms with van der Waals surface area (Å²) in [6, 6.07) is 0. The second-order valence-corrected chi connectivity index (χ2v) is 6.54. The molecule has 1 amide bonds. The summed E-state index contributed by atoms with van der Waals surface area (Å²) in [4.78, 5) is 16.5. The Kier molecular flexibility index (Phi) is 4.47. The summed E-state index contributed by atoms with van der Waals surface area (Å²) in [7, 11) is 0. The van der Waals surface area contributed by atoms with E-state index < -0.39 is 0 Å². The van der Waals surface area contributed by atoms with Crippen molar-refractivity contribution < 1.29 is 13.8 Å². The van der Waals surface area contributed by atoms with Gasteiger partial charge in [-0.05, 0) is 38.2 Å². The fourth-order valence-electron chi connectivity index (χ4n) is 2.51. The minimum atomic E-state index is -0.245. The van der Waals surface area contributed by atoms with Crippen molar-refractivity contribution >= 4 is 17.7 Å². The molecule has 0 aromatic carbocycles. The summed E-state index contributed by atoms with van der Waals surface area (Å²) < 4.78 is 10.2. The van der Waals surface area contributed by atoms with E-state index in [2.05, 4.69) is 20.6 Å². The van der Waals surface area contributed by atoms with Crippen LogP contribution in [-0.2, 0) is 6.54 Å². The van der Waals surface area contributed by atoms with Gasteiger partial charge in [0.05, 0.1) is 12.2 Å². The predicted molar refractivity (Wildman–Crippen MR) is 80.7 cm³/mol. The highest BCUT2D eigenvalue weighted by atomic mass is 32.2. The maximum absolute atomic E-state index is 12.1. The fourth-order valence-corrected chi connectivity index (χ4v) is 3.62. The quantitative estimate of drug-likeness (QED) is 0.922. The van der Waals surface area contributed by atoms with E-state index in [9.17, 15) is 4.79 Å². The van der Waals surface area contributed by atoms with Crippen molar-refractivity contribution in [2.45, 2.75) is 39.2 Å². The number of aryl methyl sites for hydroxylation is 2. The van der Waals surface area contributed by atoms with Crippen LogP contribution in [0.25, 0.3) is 0 Å². The van der Waals surface area contributed by atoms with Crippen molar-refractivity contribution in [1.29, 1.82) is 0 Å². The summed E-state index contributed by atoms with van der Waals surface area (Å²) in [5, 5.41) is 10.6. The van der Waals surface area contributed by atoms with E-state index in [0.717, 1.165) is 30.2 Å². The van der Waals surface area contributed by atoms with Gasteiger partial charge >= 0.3 is 0 Å². The summed E-state index contributed by atoms with van der Waals surface area (Å²) in [6.45, 7) is 3.65. The number of rotatable bonds is 4. The second kappa shape index (κ2) is 6.51. The van der Waals surface area contributed by atoms with Gasteiger partial charge in [0.1, 0.15) is 11.3 Å². The zero-order chi connectivity index (χ0) is 15.5. The summed E-state index contributed by atoms with van der Waals surface area (Å²) >= 11 is 1.96. The molecule has 0 unspecified atom stereocenters. The average molecular weight is 322 g/mol. The Hall–Kier alpha value is -1.83. The minimum absolute atomic E-state index is 0.206. The van der Waals surface area contributed by atoms with Crippen molar-refractivity contribution in [3.8, 4) is 0 Å². The lowest BCUT2D eigenvalue weighted by Gasteiger charge is -2.17. The minimum Gasteiger partial charge on any atom is -0.361 e. The molecule has 8 heteroatoms. The molecule has 2 aromatic heterocycles. The molecule has 0 saturated carbocycles.